The number of carbonyl (C=O) groups excluding carboxylic acids is 1. The summed E-state index contributed by atoms with van der Waals surface area (Å²) in [6, 6.07) is 30.6. The molecule has 1 amide bonds. The molecule has 1 N–H and O–H groups in total. The van der Waals surface area contributed by atoms with Gasteiger partial charge in [0.15, 0.2) is 11.5 Å². The monoisotopic (exact) mass is 480 g/mol. The highest BCUT2D eigenvalue weighted by atomic mass is 16.5. The average Bonchev–Trinajstić information content (AvgIpc) is 2.92. The van der Waals surface area contributed by atoms with Crippen LogP contribution in [0.5, 0.6) is 17.2 Å². The van der Waals surface area contributed by atoms with Crippen molar-refractivity contribution in [2.75, 3.05) is 7.11 Å². The Hall–Kier alpha value is -4.58. The van der Waals surface area contributed by atoms with E-state index in [0.717, 1.165) is 22.4 Å². The standard InChI is InChI=1S/C30H28N2O4/c1-22-11-13-24(14-12-22)20-35-27-10-6-9-25(17-27)19-31-32-30(33)26-15-16-28(29(18-26)34-2)36-21-23-7-4-3-5-8-23/h3-19H,20-21H2,1-2H3,(H,32,33)/b31-19+. The van der Waals surface area contributed by atoms with E-state index in [0.29, 0.717) is 30.3 Å². The fourth-order valence-corrected chi connectivity index (χ4v) is 3.43. The van der Waals surface area contributed by atoms with E-state index < -0.39 is 0 Å². The maximum absolute atomic E-state index is 12.6. The van der Waals surface area contributed by atoms with Crippen molar-refractivity contribution in [1.82, 2.24) is 5.43 Å². The van der Waals surface area contributed by atoms with Gasteiger partial charge < -0.3 is 14.2 Å². The highest BCUT2D eigenvalue weighted by molar-refractivity contribution is 5.95. The first-order valence-corrected chi connectivity index (χ1v) is 11.6. The third kappa shape index (κ3) is 6.96. The van der Waals surface area contributed by atoms with Gasteiger partial charge in [-0.05, 0) is 53.9 Å². The van der Waals surface area contributed by atoms with Crippen molar-refractivity contribution in [3.05, 3.63) is 125 Å². The van der Waals surface area contributed by atoms with Gasteiger partial charge in [0.25, 0.3) is 5.91 Å². The highest BCUT2D eigenvalue weighted by Crippen LogP contribution is 2.29. The van der Waals surface area contributed by atoms with Crippen LogP contribution in [0.1, 0.15) is 32.6 Å². The molecule has 0 fully saturated rings. The molecule has 6 nitrogen and oxygen atoms in total. The Labute approximate surface area is 211 Å². The summed E-state index contributed by atoms with van der Waals surface area (Å²) in [5, 5.41) is 4.09. The molecule has 0 heterocycles. The van der Waals surface area contributed by atoms with Gasteiger partial charge in [-0.3, -0.25) is 4.79 Å². The lowest BCUT2D eigenvalue weighted by Crippen LogP contribution is -2.17. The zero-order valence-electron chi connectivity index (χ0n) is 20.3. The lowest BCUT2D eigenvalue weighted by atomic mass is 10.2. The van der Waals surface area contributed by atoms with E-state index in [1.807, 2.05) is 66.7 Å². The first-order chi connectivity index (χ1) is 17.6. The Bertz CT molecular complexity index is 1320. The lowest BCUT2D eigenvalue weighted by Gasteiger charge is -2.12. The largest absolute Gasteiger partial charge is 0.493 e. The molecule has 6 heteroatoms. The summed E-state index contributed by atoms with van der Waals surface area (Å²) in [6.07, 6.45) is 1.57. The third-order valence-corrected chi connectivity index (χ3v) is 5.43. The highest BCUT2D eigenvalue weighted by Gasteiger charge is 2.11. The molecule has 0 aliphatic carbocycles. The maximum atomic E-state index is 12.6. The Kier molecular flexibility index (Phi) is 8.33. The van der Waals surface area contributed by atoms with E-state index in [1.54, 1.807) is 31.5 Å². The van der Waals surface area contributed by atoms with Crippen LogP contribution in [0.15, 0.2) is 102 Å². The zero-order chi connectivity index (χ0) is 25.2. The van der Waals surface area contributed by atoms with E-state index in [1.165, 1.54) is 5.56 Å². The van der Waals surface area contributed by atoms with Gasteiger partial charge in [-0.15, -0.1) is 0 Å². The molecule has 0 saturated heterocycles. The molecular weight excluding hydrogens is 452 g/mol. The smallest absolute Gasteiger partial charge is 0.271 e. The zero-order valence-corrected chi connectivity index (χ0v) is 20.3. The molecule has 0 aromatic heterocycles. The average molecular weight is 481 g/mol. The molecule has 0 aliphatic heterocycles. The van der Waals surface area contributed by atoms with Crippen LogP contribution in [0.4, 0.5) is 0 Å². The number of nitrogens with zero attached hydrogens (tertiary/aromatic N) is 1. The summed E-state index contributed by atoms with van der Waals surface area (Å²) < 4.78 is 17.1. The van der Waals surface area contributed by atoms with Gasteiger partial charge in [0.05, 0.1) is 13.3 Å². The first-order valence-electron chi connectivity index (χ1n) is 11.6. The number of rotatable bonds is 10. The number of carbonyl (C=O) groups is 1. The molecule has 4 aromatic rings. The van der Waals surface area contributed by atoms with Crippen LogP contribution in [0, 0.1) is 6.92 Å². The first kappa shape index (κ1) is 24.5. The molecule has 0 radical (unpaired) electrons. The SMILES string of the molecule is COc1cc(C(=O)N/N=C/c2cccc(OCc3ccc(C)cc3)c2)ccc1OCc1ccccc1. The van der Waals surface area contributed by atoms with Crippen molar-refractivity contribution in [2.45, 2.75) is 20.1 Å². The Morgan fingerprint density at radius 2 is 1.56 bits per heavy atom. The van der Waals surface area contributed by atoms with Crippen LogP contribution in [-0.4, -0.2) is 19.2 Å². The minimum Gasteiger partial charge on any atom is -0.493 e. The predicted molar refractivity (Wildman–Crippen MR) is 141 cm³/mol. The number of hydrazone groups is 1. The van der Waals surface area contributed by atoms with Gasteiger partial charge in [-0.25, -0.2) is 5.43 Å². The van der Waals surface area contributed by atoms with E-state index in [-0.39, 0.29) is 5.91 Å². The summed E-state index contributed by atoms with van der Waals surface area (Å²) in [4.78, 5) is 12.6. The fourth-order valence-electron chi connectivity index (χ4n) is 3.43. The van der Waals surface area contributed by atoms with Crippen molar-refractivity contribution in [3.63, 3.8) is 0 Å². The second-order valence-corrected chi connectivity index (χ2v) is 8.19. The number of benzene rings is 4. The van der Waals surface area contributed by atoms with E-state index in [4.69, 9.17) is 14.2 Å². The Morgan fingerprint density at radius 1 is 0.806 bits per heavy atom. The number of hydrogen-bond donors (Lipinski definition) is 1. The topological polar surface area (TPSA) is 69.2 Å². The second kappa shape index (κ2) is 12.2. The quantitative estimate of drug-likeness (QED) is 0.226. The minimum atomic E-state index is -0.356. The van der Waals surface area contributed by atoms with Crippen LogP contribution in [-0.2, 0) is 13.2 Å². The van der Waals surface area contributed by atoms with Crippen molar-refractivity contribution in [1.29, 1.82) is 0 Å². The molecule has 0 unspecified atom stereocenters. The molecule has 0 atom stereocenters. The molecule has 0 saturated carbocycles. The van der Waals surface area contributed by atoms with Gasteiger partial charge in [0.2, 0.25) is 0 Å². The Morgan fingerprint density at radius 3 is 2.33 bits per heavy atom. The second-order valence-electron chi connectivity index (χ2n) is 8.19. The van der Waals surface area contributed by atoms with Crippen LogP contribution in [0.25, 0.3) is 0 Å². The number of amides is 1. The molecule has 36 heavy (non-hydrogen) atoms. The number of nitrogens with one attached hydrogen (secondary N) is 1. The van der Waals surface area contributed by atoms with Gasteiger partial charge in [0, 0.05) is 5.56 Å². The molecule has 0 spiro atoms. The number of methoxy groups -OCH3 is 1. The summed E-state index contributed by atoms with van der Waals surface area (Å²) in [5.74, 6) is 1.40. The number of hydrogen-bond acceptors (Lipinski definition) is 5. The number of ether oxygens (including phenoxy) is 3. The summed E-state index contributed by atoms with van der Waals surface area (Å²) in [5.41, 5.74) is 7.12. The van der Waals surface area contributed by atoms with Crippen LogP contribution >= 0.6 is 0 Å². The van der Waals surface area contributed by atoms with Gasteiger partial charge >= 0.3 is 0 Å². The third-order valence-electron chi connectivity index (χ3n) is 5.43. The molecule has 4 rings (SSSR count). The fraction of sp³-hybridized carbons (Fsp3) is 0.133. The van der Waals surface area contributed by atoms with Crippen LogP contribution in [0.2, 0.25) is 0 Å². The van der Waals surface area contributed by atoms with E-state index in [2.05, 4.69) is 29.6 Å². The van der Waals surface area contributed by atoms with E-state index in [9.17, 15) is 4.79 Å². The van der Waals surface area contributed by atoms with Crippen LogP contribution < -0.4 is 19.6 Å². The van der Waals surface area contributed by atoms with E-state index >= 15 is 0 Å². The Balaban J connectivity index is 1.32. The normalized spacial score (nSPS) is 10.7. The van der Waals surface area contributed by atoms with Crippen LogP contribution in [0.3, 0.4) is 0 Å². The number of aryl methyl sites for hydroxylation is 1. The summed E-state index contributed by atoms with van der Waals surface area (Å²) in [7, 11) is 1.54. The van der Waals surface area contributed by atoms with Gasteiger partial charge in [0.1, 0.15) is 19.0 Å². The predicted octanol–water partition coefficient (Wildman–Crippen LogP) is 5.93. The summed E-state index contributed by atoms with van der Waals surface area (Å²) in [6.45, 7) is 2.94. The maximum Gasteiger partial charge on any atom is 0.271 e. The molecule has 0 bridgehead atoms. The molecule has 4 aromatic carbocycles. The van der Waals surface area contributed by atoms with Gasteiger partial charge in [-0.2, -0.15) is 5.10 Å². The lowest BCUT2D eigenvalue weighted by molar-refractivity contribution is 0.0954. The van der Waals surface area contributed by atoms with Crippen molar-refractivity contribution in [3.8, 4) is 17.2 Å². The minimum absolute atomic E-state index is 0.356. The van der Waals surface area contributed by atoms with Crippen molar-refractivity contribution < 1.29 is 19.0 Å². The van der Waals surface area contributed by atoms with Gasteiger partial charge in [-0.1, -0.05) is 72.3 Å². The van der Waals surface area contributed by atoms with Crippen molar-refractivity contribution in [2.24, 2.45) is 5.10 Å². The molecule has 182 valence electrons. The summed E-state index contributed by atoms with van der Waals surface area (Å²) >= 11 is 0. The van der Waals surface area contributed by atoms with Crippen molar-refractivity contribution >= 4 is 12.1 Å². The molecular formula is C30H28N2O4. The molecule has 0 aliphatic rings.